The van der Waals surface area contributed by atoms with E-state index in [0.717, 1.165) is 6.92 Å². The predicted molar refractivity (Wildman–Crippen MR) is 333 cm³/mol. The highest BCUT2D eigenvalue weighted by atomic mass is 16.4. The number of nitrogens with zero attached hydrogens (tertiary/aromatic N) is 3. The zero-order valence-corrected chi connectivity index (χ0v) is 51.1. The number of carboxylic acid groups (broad SMARTS) is 1. The second-order valence-corrected chi connectivity index (χ2v) is 21.7. The molecular weight excluding hydrogens is 1170 g/mol. The molecule has 0 saturated heterocycles. The molecule has 33 heteroatoms. The first-order chi connectivity index (χ1) is 42.5. The molecule has 26 N–H and O–H groups in total. The summed E-state index contributed by atoms with van der Waals surface area (Å²) in [6.45, 7) is 6.85. The highest BCUT2D eigenvalue weighted by Crippen LogP contribution is 2.20. The topological polar surface area (TPSA) is 572 Å². The molecule has 0 saturated carbocycles. The van der Waals surface area contributed by atoms with E-state index in [-0.39, 0.29) is 88.9 Å². The van der Waals surface area contributed by atoms with E-state index in [2.05, 4.69) is 67.8 Å². The van der Waals surface area contributed by atoms with Crippen molar-refractivity contribution in [1.82, 2.24) is 52.8 Å². The molecule has 33 nitrogen and oxygen atoms in total. The minimum atomic E-state index is -1.78. The number of carboxylic acids is 1. The van der Waals surface area contributed by atoms with Crippen molar-refractivity contribution in [2.75, 3.05) is 19.6 Å². The van der Waals surface area contributed by atoms with Crippen LogP contribution in [-0.2, 0) is 65.6 Å². The van der Waals surface area contributed by atoms with Crippen molar-refractivity contribution >= 4 is 93.8 Å². The number of aromatic amines is 1. The fraction of sp³-hybridized carbons (Fsp3) is 0.509. The molecule has 494 valence electrons. The lowest BCUT2D eigenvalue weighted by Gasteiger charge is -2.28. The van der Waals surface area contributed by atoms with Crippen LogP contribution in [0.15, 0.2) is 75.8 Å². The second kappa shape index (κ2) is 37.6. The summed E-state index contributed by atoms with van der Waals surface area (Å²) in [6, 6.07) is 2.24. The number of aliphatic hydroxyl groups excluding tert-OH is 1. The molecular formula is C57H88N20O13. The Morgan fingerprint density at radius 2 is 0.889 bits per heavy atom. The summed E-state index contributed by atoms with van der Waals surface area (Å²) >= 11 is 0. The number of aliphatic carboxylic acids is 1. The van der Waals surface area contributed by atoms with Crippen molar-refractivity contribution < 1.29 is 63.0 Å². The molecule has 90 heavy (non-hydrogen) atoms. The number of benzene rings is 2. The summed E-state index contributed by atoms with van der Waals surface area (Å²) < 4.78 is 0. The van der Waals surface area contributed by atoms with Crippen molar-refractivity contribution in [2.45, 2.75) is 159 Å². The standard InChI is InChI=1S/C57H88N20O13/c1-29(2)44(54(89)90)76-50(85)39(20-13-25-67-57(63)64)73-53(88)45(31(4)78)77-46(81)30(3)69-47(82)40(21-22-43(58)80)72-52(87)42(27-34-28-68-36-17-10-9-16-35(34)36)75-51(86)41(26-33-14-7-6-8-15-33)74-49(84)38(19-12-24-66-56(61)62)71-48(83)37(70-32(5)79)18-11-23-65-55(59)60/h6-10,14-17,28-31,37-42,44-45,68,78H,11-13,18-27H2,1-5H3,(H2,58,80)(H,69,82)(H,70,79)(H,71,83)(H,72,87)(H,73,88)(H,74,84)(H,75,86)(H,76,85)(H,77,81)(H,89,90)(H4,59,60,65)(H4,61,62,66)(H4,63,64,67)/t30-,31+,37-,38-,39-,40-,41-,42-,44-,45-/m0/s1. The Hall–Kier alpha value is -10.1. The first-order valence-corrected chi connectivity index (χ1v) is 29.1. The Morgan fingerprint density at radius 3 is 1.36 bits per heavy atom. The quantitative estimate of drug-likeness (QED) is 0.0144. The van der Waals surface area contributed by atoms with E-state index >= 15 is 0 Å². The van der Waals surface area contributed by atoms with Gasteiger partial charge in [-0.1, -0.05) is 62.4 Å². The molecule has 10 amide bonds. The lowest BCUT2D eigenvalue weighted by atomic mass is 10.0. The number of nitrogens with one attached hydrogen (secondary N) is 10. The van der Waals surface area contributed by atoms with Gasteiger partial charge in [0.1, 0.15) is 54.4 Å². The smallest absolute Gasteiger partial charge is 0.326 e. The average molecular weight is 1260 g/mol. The number of hydrogen-bond donors (Lipinski definition) is 19. The van der Waals surface area contributed by atoms with E-state index < -0.39 is 144 Å². The lowest BCUT2D eigenvalue weighted by molar-refractivity contribution is -0.143. The number of para-hydroxylation sites is 1. The van der Waals surface area contributed by atoms with Gasteiger partial charge in [-0.25, -0.2) is 4.79 Å². The molecule has 0 aliphatic carbocycles. The highest BCUT2D eigenvalue weighted by Gasteiger charge is 2.36. The summed E-state index contributed by atoms with van der Waals surface area (Å²) in [5.74, 6) is -11.6. The van der Waals surface area contributed by atoms with Crippen molar-refractivity contribution in [1.29, 1.82) is 0 Å². The summed E-state index contributed by atoms with van der Waals surface area (Å²) in [5, 5.41) is 44.0. The van der Waals surface area contributed by atoms with Gasteiger partial charge in [-0.05, 0) is 81.9 Å². The van der Waals surface area contributed by atoms with Crippen LogP contribution in [0.3, 0.4) is 0 Å². The number of rotatable bonds is 39. The lowest BCUT2D eigenvalue weighted by Crippen LogP contribution is -2.61. The molecule has 0 unspecified atom stereocenters. The minimum absolute atomic E-state index is 0.0173. The molecule has 0 aliphatic heterocycles. The van der Waals surface area contributed by atoms with Gasteiger partial charge in [0.25, 0.3) is 0 Å². The van der Waals surface area contributed by atoms with Crippen LogP contribution < -0.4 is 88.0 Å². The van der Waals surface area contributed by atoms with Crippen LogP contribution >= 0.6 is 0 Å². The number of guanidine groups is 3. The Morgan fingerprint density at radius 1 is 0.478 bits per heavy atom. The zero-order valence-electron chi connectivity index (χ0n) is 51.1. The van der Waals surface area contributed by atoms with E-state index in [4.69, 9.17) is 40.1 Å². The van der Waals surface area contributed by atoms with Crippen LogP contribution in [0.2, 0.25) is 0 Å². The maximum absolute atomic E-state index is 14.9. The number of carbonyl (C=O) groups excluding carboxylic acids is 10. The Bertz CT molecular complexity index is 3030. The molecule has 1 aromatic heterocycles. The number of aliphatic hydroxyl groups is 1. The van der Waals surface area contributed by atoms with Crippen LogP contribution in [0.5, 0.6) is 0 Å². The molecule has 10 atom stereocenters. The molecule has 0 bridgehead atoms. The summed E-state index contributed by atoms with van der Waals surface area (Å²) in [6.07, 6.45) is -0.990. The maximum Gasteiger partial charge on any atom is 0.326 e. The average Bonchev–Trinajstić information content (AvgIpc) is 2.34. The number of hydrogen-bond acceptors (Lipinski definition) is 15. The third-order valence-corrected chi connectivity index (χ3v) is 13.8. The molecule has 3 rings (SSSR count). The van der Waals surface area contributed by atoms with Crippen LogP contribution in [0.1, 0.15) is 97.1 Å². The van der Waals surface area contributed by atoms with E-state index in [9.17, 15) is 63.0 Å². The first-order valence-electron chi connectivity index (χ1n) is 29.1. The number of aromatic nitrogens is 1. The number of primary amides is 1. The van der Waals surface area contributed by atoms with Gasteiger partial charge in [0.2, 0.25) is 59.1 Å². The highest BCUT2D eigenvalue weighted by molar-refractivity contribution is 5.99. The first kappa shape index (κ1) is 74.2. The normalized spacial score (nSPS) is 14.3. The van der Waals surface area contributed by atoms with Crippen molar-refractivity contribution in [2.24, 2.45) is 61.0 Å². The largest absolute Gasteiger partial charge is 0.480 e. The van der Waals surface area contributed by atoms with Crippen molar-refractivity contribution in [3.63, 3.8) is 0 Å². The van der Waals surface area contributed by atoms with Crippen molar-refractivity contribution in [3.05, 3.63) is 71.9 Å². The summed E-state index contributed by atoms with van der Waals surface area (Å²) in [4.78, 5) is 165. The van der Waals surface area contributed by atoms with Gasteiger partial charge in [-0.2, -0.15) is 0 Å². The third-order valence-electron chi connectivity index (χ3n) is 13.8. The van der Waals surface area contributed by atoms with Crippen LogP contribution in [-0.4, -0.2) is 178 Å². The Kier molecular flexibility index (Phi) is 31.0. The van der Waals surface area contributed by atoms with Crippen LogP contribution in [0.4, 0.5) is 0 Å². The Labute approximate surface area is 519 Å². The van der Waals surface area contributed by atoms with Crippen LogP contribution in [0, 0.1) is 5.92 Å². The monoisotopic (exact) mass is 1260 g/mol. The Balaban J connectivity index is 2.00. The minimum Gasteiger partial charge on any atom is -0.480 e. The van der Waals surface area contributed by atoms with Gasteiger partial charge in [0, 0.05) is 62.9 Å². The second-order valence-electron chi connectivity index (χ2n) is 21.7. The number of H-pyrrole nitrogens is 1. The van der Waals surface area contributed by atoms with E-state index in [1.807, 2.05) is 0 Å². The molecule has 0 radical (unpaired) electrons. The number of amides is 10. The molecule has 1 heterocycles. The van der Waals surface area contributed by atoms with E-state index in [1.165, 1.54) is 13.8 Å². The fourth-order valence-corrected chi connectivity index (χ4v) is 9.09. The number of fused-ring (bicyclic) bond motifs is 1. The molecule has 0 aliphatic rings. The van der Waals surface area contributed by atoms with E-state index in [1.54, 1.807) is 74.6 Å². The van der Waals surface area contributed by atoms with Gasteiger partial charge < -0.3 is 103 Å². The fourth-order valence-electron chi connectivity index (χ4n) is 9.09. The molecule has 2 aromatic carbocycles. The van der Waals surface area contributed by atoms with Crippen LogP contribution in [0.25, 0.3) is 10.9 Å². The van der Waals surface area contributed by atoms with Gasteiger partial charge in [0.05, 0.1) is 6.10 Å². The molecule has 0 fully saturated rings. The van der Waals surface area contributed by atoms with Gasteiger partial charge in [0.15, 0.2) is 17.9 Å². The SMILES string of the molecule is CC(=O)N[C@@H](CCCN=C(N)N)C(=O)N[C@@H](CCCN=C(N)N)C(=O)N[C@@H](Cc1ccccc1)C(=O)N[C@@H](Cc1c[nH]c2ccccc12)C(=O)N[C@@H](CCC(N)=O)C(=O)N[C@@H](C)C(=O)N[C@H](C(=O)N[C@@H](CCCN=C(N)N)C(=O)N[C@H](C(=O)O)C(C)C)[C@@H](C)O. The zero-order chi connectivity index (χ0) is 67.2. The van der Waals surface area contributed by atoms with Gasteiger partial charge in [-0.15, -0.1) is 0 Å². The van der Waals surface area contributed by atoms with Crippen molar-refractivity contribution in [3.8, 4) is 0 Å². The van der Waals surface area contributed by atoms with Gasteiger partial charge >= 0.3 is 5.97 Å². The molecule has 0 spiro atoms. The predicted octanol–water partition coefficient (Wildman–Crippen LogP) is -5.10. The number of carbonyl (C=O) groups is 11. The summed E-state index contributed by atoms with van der Waals surface area (Å²) in [7, 11) is 0. The number of aliphatic imine (C=N–C) groups is 3. The van der Waals surface area contributed by atoms with Gasteiger partial charge in [-0.3, -0.25) is 62.9 Å². The third kappa shape index (κ3) is 26.5. The summed E-state index contributed by atoms with van der Waals surface area (Å²) in [5.41, 5.74) is 40.1. The number of nitrogens with two attached hydrogens (primary N) is 7. The van der Waals surface area contributed by atoms with E-state index in [0.29, 0.717) is 22.0 Å². The molecule has 3 aromatic rings. The maximum atomic E-state index is 14.9.